The van der Waals surface area contributed by atoms with Crippen LogP contribution >= 0.6 is 0 Å². The summed E-state index contributed by atoms with van der Waals surface area (Å²) in [6.07, 6.45) is -0.446. The van der Waals surface area contributed by atoms with Gasteiger partial charge in [-0.05, 0) is 51.1 Å². The van der Waals surface area contributed by atoms with Gasteiger partial charge in [0.25, 0.3) is 0 Å². The predicted molar refractivity (Wildman–Crippen MR) is 111 cm³/mol. The molecule has 9 heteroatoms. The van der Waals surface area contributed by atoms with Gasteiger partial charge in [-0.1, -0.05) is 12.1 Å². The number of halogens is 4. The van der Waals surface area contributed by atoms with Crippen molar-refractivity contribution >= 4 is 0 Å². The monoisotopic (exact) mass is 441 g/mol. The van der Waals surface area contributed by atoms with E-state index in [2.05, 4.69) is 20.1 Å². The Hall–Kier alpha value is -3.62. The minimum Gasteiger partial charge on any atom is -0.264 e. The molecule has 0 aromatic carbocycles. The second-order valence-corrected chi connectivity index (χ2v) is 7.88. The number of nitrogens with zero attached hydrogens (tertiary/aromatic N) is 5. The SMILES string of the molecule is Cc1cncc(-c2cccc(C(C)(C)c3cccc(-n4ccc(C(F)(F)F)n4)n3)n2)c1F. The van der Waals surface area contributed by atoms with Gasteiger partial charge in [-0.2, -0.15) is 18.3 Å². The zero-order valence-corrected chi connectivity index (χ0v) is 17.5. The van der Waals surface area contributed by atoms with Gasteiger partial charge in [0.2, 0.25) is 0 Å². The molecule has 0 aliphatic rings. The molecule has 0 radical (unpaired) electrons. The third kappa shape index (κ3) is 3.98. The number of hydrogen-bond donors (Lipinski definition) is 0. The van der Waals surface area contributed by atoms with Crippen LogP contribution in [0.25, 0.3) is 17.1 Å². The van der Waals surface area contributed by atoms with E-state index < -0.39 is 17.3 Å². The summed E-state index contributed by atoms with van der Waals surface area (Å²) in [6.45, 7) is 5.41. The van der Waals surface area contributed by atoms with E-state index in [0.717, 1.165) is 10.7 Å². The van der Waals surface area contributed by atoms with Gasteiger partial charge in [-0.25, -0.2) is 14.1 Å². The van der Waals surface area contributed by atoms with Crippen LogP contribution in [0.4, 0.5) is 17.6 Å². The van der Waals surface area contributed by atoms with Crippen molar-refractivity contribution in [1.82, 2.24) is 24.7 Å². The molecular weight excluding hydrogens is 422 g/mol. The van der Waals surface area contributed by atoms with Crippen LogP contribution in [0, 0.1) is 12.7 Å². The standard InChI is InChI=1S/C23H19F4N5/c1-14-12-28-13-15(21(14)24)16-6-4-7-17(29-16)22(2,3)18-8-5-9-20(30-18)32-11-10-19(31-32)23(25,26)27/h4-13H,1-3H3. The Kier molecular flexibility index (Phi) is 5.28. The first kappa shape index (κ1) is 21.6. The highest BCUT2D eigenvalue weighted by Gasteiger charge is 2.34. The minimum absolute atomic E-state index is 0.246. The van der Waals surface area contributed by atoms with Gasteiger partial charge in [0.1, 0.15) is 5.82 Å². The average Bonchev–Trinajstić information content (AvgIpc) is 3.27. The van der Waals surface area contributed by atoms with Crippen LogP contribution in [0.1, 0.15) is 36.5 Å². The summed E-state index contributed by atoms with van der Waals surface area (Å²) in [6, 6.07) is 11.2. The first-order valence-electron chi connectivity index (χ1n) is 9.76. The molecule has 0 N–H and O–H groups in total. The van der Waals surface area contributed by atoms with Crippen molar-refractivity contribution < 1.29 is 17.6 Å². The normalized spacial score (nSPS) is 12.2. The Labute approximate surface area is 181 Å². The van der Waals surface area contributed by atoms with Crippen molar-refractivity contribution in [3.63, 3.8) is 0 Å². The molecular formula is C23H19F4N5. The maximum absolute atomic E-state index is 14.6. The maximum atomic E-state index is 14.6. The molecule has 0 aliphatic carbocycles. The fourth-order valence-corrected chi connectivity index (χ4v) is 3.29. The van der Waals surface area contributed by atoms with Crippen molar-refractivity contribution in [3.8, 4) is 17.1 Å². The van der Waals surface area contributed by atoms with E-state index in [9.17, 15) is 17.6 Å². The van der Waals surface area contributed by atoms with Crippen LogP contribution in [0.5, 0.6) is 0 Å². The molecule has 0 unspecified atom stereocenters. The van der Waals surface area contributed by atoms with Gasteiger partial charge < -0.3 is 0 Å². The fourth-order valence-electron chi connectivity index (χ4n) is 3.29. The fraction of sp³-hybridized carbons (Fsp3) is 0.217. The third-order valence-corrected chi connectivity index (χ3v) is 5.21. The molecule has 4 heterocycles. The molecule has 0 bridgehead atoms. The number of hydrogen-bond acceptors (Lipinski definition) is 4. The maximum Gasteiger partial charge on any atom is 0.435 e. The summed E-state index contributed by atoms with van der Waals surface area (Å²) in [5.41, 5.74) is 0.624. The van der Waals surface area contributed by atoms with Crippen LogP contribution in [0.3, 0.4) is 0 Å². The quantitative estimate of drug-likeness (QED) is 0.392. The highest BCUT2D eigenvalue weighted by atomic mass is 19.4. The average molecular weight is 441 g/mol. The van der Waals surface area contributed by atoms with Crippen molar-refractivity contribution in [1.29, 1.82) is 0 Å². The summed E-state index contributed by atoms with van der Waals surface area (Å²) in [5.74, 6) is -0.141. The first-order chi connectivity index (χ1) is 15.1. The second kappa shape index (κ2) is 7.81. The van der Waals surface area contributed by atoms with E-state index in [4.69, 9.17) is 0 Å². The summed E-state index contributed by atoms with van der Waals surface area (Å²) < 4.78 is 54.4. The molecule has 4 aromatic rings. The van der Waals surface area contributed by atoms with Crippen molar-refractivity contribution in [2.75, 3.05) is 0 Å². The molecule has 4 aromatic heterocycles. The summed E-state index contributed by atoms with van der Waals surface area (Å²) >= 11 is 0. The van der Waals surface area contributed by atoms with Gasteiger partial charge in [0.15, 0.2) is 11.5 Å². The Bertz CT molecular complexity index is 1280. The number of aryl methyl sites for hydroxylation is 1. The molecule has 0 fully saturated rings. The van der Waals surface area contributed by atoms with Crippen LogP contribution in [0.15, 0.2) is 61.1 Å². The lowest BCUT2D eigenvalue weighted by molar-refractivity contribution is -0.141. The van der Waals surface area contributed by atoms with Gasteiger partial charge in [0.05, 0.1) is 22.6 Å². The van der Waals surface area contributed by atoms with E-state index >= 15 is 0 Å². The van der Waals surface area contributed by atoms with Gasteiger partial charge >= 0.3 is 6.18 Å². The van der Waals surface area contributed by atoms with E-state index in [1.807, 2.05) is 13.8 Å². The number of alkyl halides is 3. The molecule has 164 valence electrons. The molecule has 0 saturated heterocycles. The lowest BCUT2D eigenvalue weighted by atomic mass is 9.84. The molecule has 0 spiro atoms. The molecule has 0 amide bonds. The number of aromatic nitrogens is 5. The van der Waals surface area contributed by atoms with Gasteiger partial charge in [-0.15, -0.1) is 0 Å². The van der Waals surface area contributed by atoms with E-state index in [0.29, 0.717) is 28.2 Å². The minimum atomic E-state index is -4.54. The van der Waals surface area contributed by atoms with E-state index in [-0.39, 0.29) is 11.6 Å². The highest BCUT2D eigenvalue weighted by Crippen LogP contribution is 2.32. The first-order valence-corrected chi connectivity index (χ1v) is 9.76. The molecule has 32 heavy (non-hydrogen) atoms. The Balaban J connectivity index is 1.72. The predicted octanol–water partition coefficient (Wildman–Crippen LogP) is 5.52. The molecule has 0 saturated carbocycles. The molecule has 0 aliphatic heterocycles. The van der Waals surface area contributed by atoms with Crippen LogP contribution in [-0.4, -0.2) is 24.7 Å². The van der Waals surface area contributed by atoms with Crippen LogP contribution in [-0.2, 0) is 11.6 Å². The van der Waals surface area contributed by atoms with Gasteiger partial charge in [-0.3, -0.25) is 9.97 Å². The van der Waals surface area contributed by atoms with Crippen molar-refractivity contribution in [3.05, 3.63) is 89.5 Å². The lowest BCUT2D eigenvalue weighted by Crippen LogP contribution is -2.23. The third-order valence-electron chi connectivity index (χ3n) is 5.21. The molecule has 4 rings (SSSR count). The largest absolute Gasteiger partial charge is 0.435 e. The Morgan fingerprint density at radius 1 is 0.844 bits per heavy atom. The van der Waals surface area contributed by atoms with Gasteiger partial charge in [0, 0.05) is 29.6 Å². The number of rotatable bonds is 4. The highest BCUT2D eigenvalue weighted by molar-refractivity contribution is 5.60. The summed E-state index contributed by atoms with van der Waals surface area (Å²) in [5, 5.41) is 3.58. The second-order valence-electron chi connectivity index (χ2n) is 7.88. The summed E-state index contributed by atoms with van der Waals surface area (Å²) in [4.78, 5) is 13.2. The smallest absolute Gasteiger partial charge is 0.264 e. The van der Waals surface area contributed by atoms with Crippen molar-refractivity contribution in [2.45, 2.75) is 32.4 Å². The van der Waals surface area contributed by atoms with Crippen LogP contribution < -0.4 is 0 Å². The lowest BCUT2D eigenvalue weighted by Gasteiger charge is -2.24. The Morgan fingerprint density at radius 2 is 1.53 bits per heavy atom. The van der Waals surface area contributed by atoms with Crippen molar-refractivity contribution in [2.24, 2.45) is 0 Å². The topological polar surface area (TPSA) is 56.5 Å². The summed E-state index contributed by atoms with van der Waals surface area (Å²) in [7, 11) is 0. The zero-order valence-electron chi connectivity index (χ0n) is 17.5. The molecule has 0 atom stereocenters. The van der Waals surface area contributed by atoms with Crippen LogP contribution in [0.2, 0.25) is 0 Å². The van der Waals surface area contributed by atoms with E-state index in [1.54, 1.807) is 43.3 Å². The number of pyridine rings is 3. The zero-order chi connectivity index (χ0) is 23.1. The van der Waals surface area contributed by atoms with E-state index in [1.165, 1.54) is 18.6 Å². The Morgan fingerprint density at radius 3 is 2.22 bits per heavy atom. The molecule has 5 nitrogen and oxygen atoms in total.